The Kier molecular flexibility index (Phi) is 6.63. The van der Waals surface area contributed by atoms with Gasteiger partial charge in [-0.15, -0.1) is 0 Å². The Morgan fingerprint density at radius 1 is 1.17 bits per heavy atom. The minimum Gasteiger partial charge on any atom is -0.447 e. The lowest BCUT2D eigenvalue weighted by Gasteiger charge is -2.35. The van der Waals surface area contributed by atoms with Gasteiger partial charge in [0.1, 0.15) is 12.4 Å². The van der Waals surface area contributed by atoms with Crippen LogP contribution >= 0.6 is 0 Å². The number of nitrogens with one attached hydrogen (secondary N) is 2. The minimum atomic E-state index is -0.700. The summed E-state index contributed by atoms with van der Waals surface area (Å²) in [5.74, 6) is 0.482. The number of halogens is 1. The van der Waals surface area contributed by atoms with E-state index in [4.69, 9.17) is 4.74 Å². The van der Waals surface area contributed by atoms with E-state index < -0.39 is 17.6 Å². The van der Waals surface area contributed by atoms with Crippen molar-refractivity contribution < 1.29 is 13.9 Å². The maximum absolute atomic E-state index is 14.4. The molecule has 1 aliphatic carbocycles. The Morgan fingerprint density at radius 3 is 2.49 bits per heavy atom. The van der Waals surface area contributed by atoms with Crippen LogP contribution in [-0.2, 0) is 4.74 Å². The second-order valence-electron chi connectivity index (χ2n) is 10.6. The number of cyclic esters (lactones) is 1. The first-order valence-corrected chi connectivity index (χ1v) is 12.6. The monoisotopic (exact) mass is 482 g/mol. The Labute approximate surface area is 206 Å². The zero-order valence-corrected chi connectivity index (χ0v) is 20.8. The first-order valence-electron chi connectivity index (χ1n) is 12.6. The van der Waals surface area contributed by atoms with Gasteiger partial charge in [0.25, 0.3) is 0 Å². The molecule has 2 aromatic rings. The molecule has 3 heterocycles. The van der Waals surface area contributed by atoms with Crippen molar-refractivity contribution in [1.82, 2.24) is 20.2 Å². The van der Waals surface area contributed by atoms with Crippen LogP contribution in [0.4, 0.5) is 21.0 Å². The van der Waals surface area contributed by atoms with E-state index in [1.807, 2.05) is 20.8 Å². The standard InChI is InChI=1S/C26H35FN6O2/c1-17(29-24-30-22(27)15-23(31-24)33-25(34)35-16-26(33,2)3)19-6-8-20(9-7-19)21(14-18-4-5-18)32-12-10-28-11-13-32/h6-9,15,17-18,21,28H,4-5,10-14,16H2,1-3H3,(H,29,30,31). The van der Waals surface area contributed by atoms with Crippen LogP contribution < -0.4 is 15.5 Å². The summed E-state index contributed by atoms with van der Waals surface area (Å²) < 4.78 is 19.5. The minimum absolute atomic E-state index is 0.138. The number of aromatic nitrogens is 2. The molecular weight excluding hydrogens is 447 g/mol. The Bertz CT molecular complexity index is 1050. The maximum Gasteiger partial charge on any atom is 0.416 e. The number of hydrogen-bond acceptors (Lipinski definition) is 7. The highest BCUT2D eigenvalue weighted by Gasteiger charge is 2.42. The molecule has 1 amide bonds. The SMILES string of the molecule is CC(Nc1nc(F)cc(N2C(=O)OCC2(C)C)n1)c1ccc(C(CC2CC2)N2CCNCC2)cc1. The maximum atomic E-state index is 14.4. The normalized spacial score (nSPS) is 22.1. The van der Waals surface area contributed by atoms with E-state index in [1.165, 1.54) is 29.7 Å². The number of carbonyl (C=O) groups is 1. The molecule has 188 valence electrons. The summed E-state index contributed by atoms with van der Waals surface area (Å²) in [6, 6.07) is 10.2. The lowest BCUT2D eigenvalue weighted by Crippen LogP contribution is -2.45. The highest BCUT2D eigenvalue weighted by molar-refractivity contribution is 5.90. The van der Waals surface area contributed by atoms with Crippen LogP contribution in [0.2, 0.25) is 0 Å². The molecule has 1 saturated carbocycles. The van der Waals surface area contributed by atoms with E-state index >= 15 is 0 Å². The molecule has 3 aliphatic rings. The van der Waals surface area contributed by atoms with E-state index in [1.54, 1.807) is 0 Å². The second kappa shape index (κ2) is 9.70. The van der Waals surface area contributed by atoms with E-state index in [2.05, 4.69) is 49.8 Å². The molecule has 2 N–H and O–H groups in total. The van der Waals surface area contributed by atoms with Crippen molar-refractivity contribution in [3.63, 3.8) is 0 Å². The number of rotatable bonds is 8. The third kappa shape index (κ3) is 5.41. The van der Waals surface area contributed by atoms with Crippen molar-refractivity contribution in [2.24, 2.45) is 5.92 Å². The van der Waals surface area contributed by atoms with Crippen molar-refractivity contribution in [3.8, 4) is 0 Å². The molecule has 1 aromatic heterocycles. The molecule has 35 heavy (non-hydrogen) atoms. The number of benzene rings is 1. The Morgan fingerprint density at radius 2 is 1.86 bits per heavy atom. The molecule has 2 atom stereocenters. The topological polar surface area (TPSA) is 82.6 Å². The average Bonchev–Trinajstić information content (AvgIpc) is 3.61. The molecule has 5 rings (SSSR count). The number of hydrogen-bond donors (Lipinski definition) is 2. The largest absolute Gasteiger partial charge is 0.447 e. The number of piperazine rings is 1. The van der Waals surface area contributed by atoms with E-state index in [0.717, 1.165) is 43.7 Å². The van der Waals surface area contributed by atoms with Gasteiger partial charge >= 0.3 is 6.09 Å². The fourth-order valence-corrected chi connectivity index (χ4v) is 5.05. The third-order valence-corrected chi connectivity index (χ3v) is 7.26. The summed E-state index contributed by atoms with van der Waals surface area (Å²) in [6.45, 7) is 10.2. The van der Waals surface area contributed by atoms with Gasteiger partial charge in [0.05, 0.1) is 11.6 Å². The molecule has 2 saturated heterocycles. The van der Waals surface area contributed by atoms with E-state index in [-0.39, 0.29) is 24.4 Å². The molecule has 0 bridgehead atoms. The zero-order valence-electron chi connectivity index (χ0n) is 20.8. The first kappa shape index (κ1) is 23.9. The van der Waals surface area contributed by atoms with Crippen LogP contribution in [0.15, 0.2) is 30.3 Å². The molecule has 1 aromatic carbocycles. The fraction of sp³-hybridized carbons (Fsp3) is 0.577. The predicted molar refractivity (Wildman–Crippen MR) is 133 cm³/mol. The van der Waals surface area contributed by atoms with Gasteiger partial charge in [0.15, 0.2) is 0 Å². The smallest absolute Gasteiger partial charge is 0.416 e. The van der Waals surface area contributed by atoms with Crippen molar-refractivity contribution in [2.45, 2.75) is 57.7 Å². The van der Waals surface area contributed by atoms with E-state index in [0.29, 0.717) is 6.04 Å². The van der Waals surface area contributed by atoms with Gasteiger partial charge in [-0.25, -0.2) is 4.79 Å². The summed E-state index contributed by atoms with van der Waals surface area (Å²) in [6.07, 6.45) is 3.39. The van der Waals surface area contributed by atoms with Crippen LogP contribution in [0, 0.1) is 11.9 Å². The van der Waals surface area contributed by atoms with Gasteiger partial charge < -0.3 is 15.4 Å². The number of carbonyl (C=O) groups excluding carboxylic acids is 1. The summed E-state index contributed by atoms with van der Waals surface area (Å²) in [5, 5.41) is 6.65. The molecule has 0 spiro atoms. The lowest BCUT2D eigenvalue weighted by molar-refractivity contribution is 0.160. The van der Waals surface area contributed by atoms with Crippen molar-refractivity contribution in [2.75, 3.05) is 43.0 Å². The predicted octanol–water partition coefficient (Wildman–Crippen LogP) is 4.27. The van der Waals surface area contributed by atoms with Crippen LogP contribution in [0.1, 0.15) is 63.2 Å². The quantitative estimate of drug-likeness (QED) is 0.544. The highest BCUT2D eigenvalue weighted by atomic mass is 19.1. The second-order valence-corrected chi connectivity index (χ2v) is 10.6. The molecular formula is C26H35FN6O2. The van der Waals surface area contributed by atoms with E-state index in [9.17, 15) is 9.18 Å². The summed E-state index contributed by atoms with van der Waals surface area (Å²) >= 11 is 0. The number of ether oxygens (including phenoxy) is 1. The summed E-state index contributed by atoms with van der Waals surface area (Å²) in [4.78, 5) is 24.5. The van der Waals surface area contributed by atoms with Crippen molar-refractivity contribution in [3.05, 3.63) is 47.4 Å². The van der Waals surface area contributed by atoms with Gasteiger partial charge in [-0.05, 0) is 44.2 Å². The molecule has 2 unspecified atom stereocenters. The lowest BCUT2D eigenvalue weighted by atomic mass is 9.96. The number of nitrogens with zero attached hydrogens (tertiary/aromatic N) is 4. The number of anilines is 2. The van der Waals surface area contributed by atoms with Crippen LogP contribution in [-0.4, -0.2) is 59.3 Å². The molecule has 9 heteroatoms. The summed E-state index contributed by atoms with van der Waals surface area (Å²) in [7, 11) is 0. The van der Waals surface area contributed by atoms with Crippen LogP contribution in [0.25, 0.3) is 0 Å². The van der Waals surface area contributed by atoms with Gasteiger partial charge in [0.2, 0.25) is 11.9 Å². The molecule has 2 aliphatic heterocycles. The average molecular weight is 483 g/mol. The van der Waals surface area contributed by atoms with Crippen LogP contribution in [0.3, 0.4) is 0 Å². The fourth-order valence-electron chi connectivity index (χ4n) is 5.05. The van der Waals surface area contributed by atoms with Crippen molar-refractivity contribution in [1.29, 1.82) is 0 Å². The van der Waals surface area contributed by atoms with Gasteiger partial charge in [-0.2, -0.15) is 14.4 Å². The Balaban J connectivity index is 1.30. The van der Waals surface area contributed by atoms with Gasteiger partial charge in [0, 0.05) is 38.3 Å². The molecule has 0 radical (unpaired) electrons. The van der Waals surface area contributed by atoms with Crippen molar-refractivity contribution >= 4 is 17.9 Å². The molecule has 8 nitrogen and oxygen atoms in total. The zero-order chi connectivity index (χ0) is 24.6. The first-order chi connectivity index (χ1) is 16.8. The number of amides is 1. The van der Waals surface area contributed by atoms with Crippen LogP contribution in [0.5, 0.6) is 0 Å². The van der Waals surface area contributed by atoms with Gasteiger partial charge in [-0.3, -0.25) is 9.80 Å². The molecule has 3 fully saturated rings. The Hall–Kier alpha value is -2.78. The highest BCUT2D eigenvalue weighted by Crippen LogP contribution is 2.40. The third-order valence-electron chi connectivity index (χ3n) is 7.26. The van der Waals surface area contributed by atoms with Gasteiger partial charge in [-0.1, -0.05) is 37.1 Å². The summed E-state index contributed by atoms with van der Waals surface area (Å²) in [5.41, 5.74) is 1.81.